The van der Waals surface area contributed by atoms with Crippen LogP contribution in [-0.2, 0) is 6.42 Å². The van der Waals surface area contributed by atoms with Crippen molar-refractivity contribution in [3.63, 3.8) is 0 Å². The van der Waals surface area contributed by atoms with Crippen molar-refractivity contribution >= 4 is 5.91 Å². The highest BCUT2D eigenvalue weighted by atomic mass is 16.5. The van der Waals surface area contributed by atoms with Crippen LogP contribution in [0.2, 0.25) is 0 Å². The smallest absolute Gasteiger partial charge is 0.271 e. The average molecular weight is 427 g/mol. The van der Waals surface area contributed by atoms with Gasteiger partial charge in [0.25, 0.3) is 5.91 Å². The topological polar surface area (TPSA) is 110 Å². The molecule has 168 valence electrons. The summed E-state index contributed by atoms with van der Waals surface area (Å²) in [6, 6.07) is 9.80. The molecular formula is C24H34N4O3. The molecule has 1 aromatic carbocycles. The Balaban J connectivity index is 1.78. The normalized spacial score (nSPS) is 15.5. The maximum atomic E-state index is 12.5. The zero-order valence-corrected chi connectivity index (χ0v) is 18.3. The minimum Gasteiger partial charge on any atom is -0.490 e. The molecule has 0 unspecified atom stereocenters. The molecule has 1 saturated carbocycles. The first-order valence-corrected chi connectivity index (χ1v) is 11.4. The SMILES string of the molecule is CCCCc1nnc(C(=O)NC[C@H](O)CN)cc1-c1ccc(OC2CCCCC2)cc1. The minimum absolute atomic E-state index is 0.0805. The molecule has 0 saturated heterocycles. The third kappa shape index (κ3) is 6.74. The standard InChI is InChI=1S/C24H34N4O3/c1-2-3-9-22-21(14-23(28-27-22)24(30)26-16-18(29)15-25)17-10-12-20(13-11-17)31-19-7-5-4-6-8-19/h10-14,18-19,29H,2-9,15-16,25H2,1H3,(H,26,30)/t18-/m1/s1. The third-order valence-electron chi connectivity index (χ3n) is 5.66. The second-order valence-electron chi connectivity index (χ2n) is 8.20. The lowest BCUT2D eigenvalue weighted by molar-refractivity contribution is 0.0914. The van der Waals surface area contributed by atoms with Crippen molar-refractivity contribution in [2.75, 3.05) is 13.1 Å². The van der Waals surface area contributed by atoms with E-state index in [1.54, 1.807) is 6.07 Å². The van der Waals surface area contributed by atoms with Crippen LogP contribution in [0.1, 0.15) is 68.1 Å². The van der Waals surface area contributed by atoms with E-state index in [0.29, 0.717) is 6.10 Å². The van der Waals surface area contributed by atoms with E-state index >= 15 is 0 Å². The van der Waals surface area contributed by atoms with E-state index in [0.717, 1.165) is 54.7 Å². The van der Waals surface area contributed by atoms with E-state index < -0.39 is 6.10 Å². The van der Waals surface area contributed by atoms with Gasteiger partial charge in [-0.2, -0.15) is 5.10 Å². The fourth-order valence-corrected chi connectivity index (χ4v) is 3.78. The van der Waals surface area contributed by atoms with Gasteiger partial charge in [-0.3, -0.25) is 4.79 Å². The van der Waals surface area contributed by atoms with Crippen molar-refractivity contribution in [2.24, 2.45) is 5.73 Å². The van der Waals surface area contributed by atoms with Crippen LogP contribution in [0, 0.1) is 0 Å². The van der Waals surface area contributed by atoms with Gasteiger partial charge >= 0.3 is 0 Å². The monoisotopic (exact) mass is 426 g/mol. The molecule has 0 aliphatic heterocycles. The van der Waals surface area contributed by atoms with Crippen LogP contribution in [0.3, 0.4) is 0 Å². The second-order valence-corrected chi connectivity index (χ2v) is 8.20. The molecule has 31 heavy (non-hydrogen) atoms. The van der Waals surface area contributed by atoms with Gasteiger partial charge in [-0.25, -0.2) is 0 Å². The molecule has 1 heterocycles. The first-order valence-electron chi connectivity index (χ1n) is 11.4. The van der Waals surface area contributed by atoms with E-state index in [-0.39, 0.29) is 24.7 Å². The Kier molecular flexibility index (Phi) is 8.79. The number of hydrogen-bond acceptors (Lipinski definition) is 6. The number of nitrogens with one attached hydrogen (secondary N) is 1. The number of ether oxygens (including phenoxy) is 1. The molecule has 1 aliphatic carbocycles. The Bertz CT molecular complexity index is 835. The Labute approximate surface area is 184 Å². The van der Waals surface area contributed by atoms with Gasteiger partial charge in [-0.1, -0.05) is 31.9 Å². The number of carbonyl (C=O) groups excluding carboxylic acids is 1. The highest BCUT2D eigenvalue weighted by Crippen LogP contribution is 2.28. The highest BCUT2D eigenvalue weighted by Gasteiger charge is 2.17. The third-order valence-corrected chi connectivity index (χ3v) is 5.66. The van der Waals surface area contributed by atoms with Crippen molar-refractivity contribution in [2.45, 2.75) is 70.5 Å². The van der Waals surface area contributed by atoms with E-state index in [4.69, 9.17) is 10.5 Å². The molecule has 1 amide bonds. The number of unbranched alkanes of at least 4 members (excludes halogenated alkanes) is 1. The van der Waals surface area contributed by atoms with Gasteiger partial charge in [0.2, 0.25) is 0 Å². The number of aromatic nitrogens is 2. The number of aliphatic hydroxyl groups is 1. The number of nitrogens with two attached hydrogens (primary N) is 1. The predicted octanol–water partition coefficient (Wildman–Crippen LogP) is 3.25. The summed E-state index contributed by atoms with van der Waals surface area (Å²) >= 11 is 0. The molecule has 0 spiro atoms. The summed E-state index contributed by atoms with van der Waals surface area (Å²) in [5, 5.41) is 20.7. The number of nitrogens with zero attached hydrogens (tertiary/aromatic N) is 2. The minimum atomic E-state index is -0.781. The summed E-state index contributed by atoms with van der Waals surface area (Å²) in [4.78, 5) is 12.5. The fraction of sp³-hybridized carbons (Fsp3) is 0.542. The Hall–Kier alpha value is -2.51. The van der Waals surface area contributed by atoms with E-state index in [2.05, 4.69) is 22.4 Å². The number of hydrogen-bond donors (Lipinski definition) is 3. The van der Waals surface area contributed by atoms with Gasteiger partial charge in [0.15, 0.2) is 5.69 Å². The van der Waals surface area contributed by atoms with Crippen LogP contribution in [0.15, 0.2) is 30.3 Å². The number of benzene rings is 1. The molecule has 1 aliphatic rings. The van der Waals surface area contributed by atoms with E-state index in [1.807, 2.05) is 24.3 Å². The largest absolute Gasteiger partial charge is 0.490 e. The molecule has 1 aromatic heterocycles. The number of aliphatic hydroxyl groups excluding tert-OH is 1. The molecule has 0 radical (unpaired) electrons. The van der Waals surface area contributed by atoms with Gasteiger partial charge in [-0.05, 0) is 62.3 Å². The van der Waals surface area contributed by atoms with Crippen LogP contribution in [0.25, 0.3) is 11.1 Å². The van der Waals surface area contributed by atoms with Crippen molar-refractivity contribution in [1.82, 2.24) is 15.5 Å². The lowest BCUT2D eigenvalue weighted by Crippen LogP contribution is -2.36. The van der Waals surface area contributed by atoms with Gasteiger partial charge < -0.3 is 20.9 Å². The Morgan fingerprint density at radius 3 is 2.65 bits per heavy atom. The maximum Gasteiger partial charge on any atom is 0.271 e. The summed E-state index contributed by atoms with van der Waals surface area (Å²) in [5.74, 6) is 0.502. The molecule has 3 rings (SSSR count). The van der Waals surface area contributed by atoms with E-state index in [1.165, 1.54) is 19.3 Å². The summed E-state index contributed by atoms with van der Waals surface area (Å²) in [6.07, 6.45) is 8.38. The molecule has 4 N–H and O–H groups in total. The number of rotatable bonds is 10. The van der Waals surface area contributed by atoms with Crippen LogP contribution in [0.5, 0.6) is 5.75 Å². The van der Waals surface area contributed by atoms with Crippen molar-refractivity contribution in [1.29, 1.82) is 0 Å². The van der Waals surface area contributed by atoms with Crippen LogP contribution >= 0.6 is 0 Å². The summed E-state index contributed by atoms with van der Waals surface area (Å²) in [7, 11) is 0. The zero-order chi connectivity index (χ0) is 22.1. The highest BCUT2D eigenvalue weighted by molar-refractivity contribution is 5.93. The molecule has 0 bridgehead atoms. The average Bonchev–Trinajstić information content (AvgIpc) is 2.82. The quantitative estimate of drug-likeness (QED) is 0.538. The lowest BCUT2D eigenvalue weighted by atomic mass is 9.97. The number of aryl methyl sites for hydroxylation is 1. The molecule has 1 fully saturated rings. The summed E-state index contributed by atoms with van der Waals surface area (Å²) in [6.45, 7) is 2.30. The second kappa shape index (κ2) is 11.8. The van der Waals surface area contributed by atoms with Gasteiger partial charge in [0.05, 0.1) is 17.9 Å². The number of carbonyl (C=O) groups is 1. The van der Waals surface area contributed by atoms with Crippen LogP contribution in [0.4, 0.5) is 0 Å². The first-order chi connectivity index (χ1) is 15.1. The number of amides is 1. The lowest BCUT2D eigenvalue weighted by Gasteiger charge is -2.23. The van der Waals surface area contributed by atoms with Crippen LogP contribution < -0.4 is 15.8 Å². The summed E-state index contributed by atoms with van der Waals surface area (Å²) < 4.78 is 6.14. The van der Waals surface area contributed by atoms with Crippen LogP contribution in [-0.4, -0.2) is 46.5 Å². The van der Waals surface area contributed by atoms with Crippen molar-refractivity contribution < 1.29 is 14.6 Å². The zero-order valence-electron chi connectivity index (χ0n) is 18.3. The predicted molar refractivity (Wildman–Crippen MR) is 121 cm³/mol. The van der Waals surface area contributed by atoms with Gasteiger partial charge in [-0.15, -0.1) is 5.10 Å². The molecule has 7 heteroatoms. The van der Waals surface area contributed by atoms with Gasteiger partial charge in [0.1, 0.15) is 5.75 Å². The maximum absolute atomic E-state index is 12.5. The first kappa shape index (κ1) is 23.2. The van der Waals surface area contributed by atoms with Gasteiger partial charge in [0, 0.05) is 18.7 Å². The van der Waals surface area contributed by atoms with E-state index in [9.17, 15) is 9.90 Å². The fourth-order valence-electron chi connectivity index (χ4n) is 3.78. The summed E-state index contributed by atoms with van der Waals surface area (Å²) in [5.41, 5.74) is 8.38. The van der Waals surface area contributed by atoms with Crippen molar-refractivity contribution in [3.05, 3.63) is 41.7 Å². The molecular weight excluding hydrogens is 392 g/mol. The van der Waals surface area contributed by atoms with Crippen molar-refractivity contribution in [3.8, 4) is 16.9 Å². The molecule has 2 aromatic rings. The Morgan fingerprint density at radius 2 is 1.97 bits per heavy atom. The molecule has 7 nitrogen and oxygen atoms in total. The molecule has 1 atom stereocenters. The Morgan fingerprint density at radius 1 is 1.23 bits per heavy atom.